The number of nitrogens with one attached hydrogen (secondary N) is 2. The molecule has 0 bridgehead atoms. The monoisotopic (exact) mass is 337 g/mol. The number of hydrogen-bond acceptors (Lipinski definition) is 6. The second-order valence-corrected chi connectivity index (χ2v) is 6.15. The Balaban J connectivity index is 2.69. The Labute approximate surface area is 140 Å². The number of alkyl carbamates (subject to hydrolysis) is 1. The van der Waals surface area contributed by atoms with Gasteiger partial charge in [-0.15, -0.1) is 0 Å². The summed E-state index contributed by atoms with van der Waals surface area (Å²) in [5.41, 5.74) is 6.67. The number of benzene rings is 1. The van der Waals surface area contributed by atoms with E-state index in [1.165, 1.54) is 13.2 Å². The summed E-state index contributed by atoms with van der Waals surface area (Å²) in [5.74, 6) is -0.985. The predicted octanol–water partition coefficient (Wildman–Crippen LogP) is 1.83. The highest BCUT2D eigenvalue weighted by Gasteiger charge is 2.17. The zero-order chi connectivity index (χ0) is 18.5. The van der Waals surface area contributed by atoms with Crippen LogP contribution >= 0.6 is 0 Å². The Morgan fingerprint density at radius 1 is 1.21 bits per heavy atom. The normalized spacial score (nSPS) is 10.7. The van der Waals surface area contributed by atoms with E-state index in [1.54, 1.807) is 33.8 Å². The van der Waals surface area contributed by atoms with Gasteiger partial charge in [0.1, 0.15) is 12.1 Å². The molecule has 0 atom stereocenters. The van der Waals surface area contributed by atoms with Crippen molar-refractivity contribution in [2.24, 2.45) is 0 Å². The molecule has 1 aromatic carbocycles. The van der Waals surface area contributed by atoms with Gasteiger partial charge in [-0.05, 0) is 45.4 Å². The van der Waals surface area contributed by atoms with Crippen LogP contribution in [0.2, 0.25) is 0 Å². The fourth-order valence-corrected chi connectivity index (χ4v) is 1.82. The molecule has 0 saturated carbocycles. The molecule has 2 amide bonds. The van der Waals surface area contributed by atoms with E-state index in [9.17, 15) is 14.4 Å². The maximum atomic E-state index is 11.9. The first-order valence-electron chi connectivity index (χ1n) is 7.28. The van der Waals surface area contributed by atoms with Gasteiger partial charge < -0.3 is 25.8 Å². The minimum atomic E-state index is -0.692. The molecule has 0 aliphatic carbocycles. The highest BCUT2D eigenvalue weighted by Crippen LogP contribution is 2.24. The number of esters is 1. The molecule has 24 heavy (non-hydrogen) atoms. The Morgan fingerprint density at radius 2 is 1.83 bits per heavy atom. The standard InChI is InChI=1S/C16H23N3O5/c1-9-6-12(11(17)7-10(9)14(21)23-5)19-13(20)8-18-15(22)24-16(2,3)4/h6-7H,8,17H2,1-5H3,(H,18,22)(H,19,20). The average Bonchev–Trinajstić information content (AvgIpc) is 2.46. The van der Waals surface area contributed by atoms with E-state index in [-0.39, 0.29) is 12.2 Å². The molecular weight excluding hydrogens is 314 g/mol. The SMILES string of the molecule is COC(=O)c1cc(N)c(NC(=O)CNC(=O)OC(C)(C)C)cc1C. The molecular formula is C16H23N3O5. The molecule has 0 aliphatic rings. The number of hydrogen-bond donors (Lipinski definition) is 3. The van der Waals surface area contributed by atoms with Crippen LogP contribution in [-0.4, -0.2) is 37.2 Å². The fraction of sp³-hybridized carbons (Fsp3) is 0.438. The van der Waals surface area contributed by atoms with Crippen molar-refractivity contribution in [3.63, 3.8) is 0 Å². The summed E-state index contributed by atoms with van der Waals surface area (Å²) in [6.45, 7) is 6.59. The molecule has 0 fully saturated rings. The second-order valence-electron chi connectivity index (χ2n) is 6.15. The van der Waals surface area contributed by atoms with Crippen LogP contribution in [-0.2, 0) is 14.3 Å². The van der Waals surface area contributed by atoms with Gasteiger partial charge in [0.25, 0.3) is 0 Å². The molecule has 1 aromatic rings. The number of carbonyl (C=O) groups excluding carboxylic acids is 3. The van der Waals surface area contributed by atoms with Crippen molar-refractivity contribution in [1.82, 2.24) is 5.32 Å². The first kappa shape index (κ1) is 19.3. The Morgan fingerprint density at radius 3 is 2.38 bits per heavy atom. The van der Waals surface area contributed by atoms with E-state index < -0.39 is 23.6 Å². The van der Waals surface area contributed by atoms with Gasteiger partial charge in [0.05, 0.1) is 24.0 Å². The summed E-state index contributed by atoms with van der Waals surface area (Å²) in [4.78, 5) is 35.0. The lowest BCUT2D eigenvalue weighted by Crippen LogP contribution is -2.37. The van der Waals surface area contributed by atoms with Crippen molar-refractivity contribution < 1.29 is 23.9 Å². The van der Waals surface area contributed by atoms with Crippen LogP contribution in [0.15, 0.2) is 12.1 Å². The van der Waals surface area contributed by atoms with Crippen molar-refractivity contribution in [3.05, 3.63) is 23.3 Å². The predicted molar refractivity (Wildman–Crippen MR) is 89.8 cm³/mol. The molecule has 0 heterocycles. The molecule has 0 spiro atoms. The molecule has 132 valence electrons. The summed E-state index contributed by atoms with van der Waals surface area (Å²) in [6, 6.07) is 2.99. The maximum Gasteiger partial charge on any atom is 0.408 e. The summed E-state index contributed by atoms with van der Waals surface area (Å²) >= 11 is 0. The number of nitrogen functional groups attached to an aromatic ring is 1. The zero-order valence-corrected chi connectivity index (χ0v) is 14.5. The van der Waals surface area contributed by atoms with Gasteiger partial charge in [0.15, 0.2) is 0 Å². The third-order valence-electron chi connectivity index (χ3n) is 2.87. The van der Waals surface area contributed by atoms with E-state index in [4.69, 9.17) is 10.5 Å². The van der Waals surface area contributed by atoms with E-state index in [2.05, 4.69) is 15.4 Å². The van der Waals surface area contributed by atoms with E-state index >= 15 is 0 Å². The average molecular weight is 337 g/mol. The van der Waals surface area contributed by atoms with Crippen LogP contribution in [0.4, 0.5) is 16.2 Å². The molecule has 0 aromatic heterocycles. The number of aryl methyl sites for hydroxylation is 1. The van der Waals surface area contributed by atoms with Crippen LogP contribution in [0.3, 0.4) is 0 Å². The summed E-state index contributed by atoms with van der Waals surface area (Å²) in [7, 11) is 1.27. The Bertz CT molecular complexity index is 650. The lowest BCUT2D eigenvalue weighted by Gasteiger charge is -2.19. The van der Waals surface area contributed by atoms with Gasteiger partial charge in [-0.2, -0.15) is 0 Å². The van der Waals surface area contributed by atoms with Gasteiger partial charge >= 0.3 is 12.1 Å². The number of nitrogens with two attached hydrogens (primary N) is 1. The van der Waals surface area contributed by atoms with Crippen LogP contribution in [0, 0.1) is 6.92 Å². The number of ether oxygens (including phenoxy) is 2. The van der Waals surface area contributed by atoms with Crippen LogP contribution < -0.4 is 16.4 Å². The van der Waals surface area contributed by atoms with Crippen molar-refractivity contribution >= 4 is 29.3 Å². The van der Waals surface area contributed by atoms with E-state index in [0.29, 0.717) is 16.8 Å². The lowest BCUT2D eigenvalue weighted by atomic mass is 10.1. The van der Waals surface area contributed by atoms with Gasteiger partial charge in [-0.25, -0.2) is 9.59 Å². The fourth-order valence-electron chi connectivity index (χ4n) is 1.82. The number of carbonyl (C=O) groups is 3. The molecule has 8 nitrogen and oxygen atoms in total. The van der Waals surface area contributed by atoms with Gasteiger partial charge in [0, 0.05) is 0 Å². The van der Waals surface area contributed by atoms with Crippen LogP contribution in [0.5, 0.6) is 0 Å². The quantitative estimate of drug-likeness (QED) is 0.569. The van der Waals surface area contributed by atoms with Crippen LogP contribution in [0.25, 0.3) is 0 Å². The lowest BCUT2D eigenvalue weighted by molar-refractivity contribution is -0.115. The Hall–Kier alpha value is -2.77. The molecule has 4 N–H and O–H groups in total. The molecule has 1 rings (SSSR count). The third-order valence-corrected chi connectivity index (χ3v) is 2.87. The molecule has 0 saturated heterocycles. The Kier molecular flexibility index (Phi) is 6.16. The molecule has 0 aliphatic heterocycles. The minimum Gasteiger partial charge on any atom is -0.465 e. The zero-order valence-electron chi connectivity index (χ0n) is 14.5. The van der Waals surface area contributed by atoms with Crippen molar-refractivity contribution in [3.8, 4) is 0 Å². The number of anilines is 2. The van der Waals surface area contributed by atoms with Crippen molar-refractivity contribution in [2.45, 2.75) is 33.3 Å². The van der Waals surface area contributed by atoms with Crippen molar-refractivity contribution in [2.75, 3.05) is 24.7 Å². The van der Waals surface area contributed by atoms with E-state index in [1.807, 2.05) is 0 Å². The second kappa shape index (κ2) is 7.67. The number of methoxy groups -OCH3 is 1. The van der Waals surface area contributed by atoms with Crippen molar-refractivity contribution in [1.29, 1.82) is 0 Å². The summed E-state index contributed by atoms with van der Waals surface area (Å²) in [5, 5.41) is 4.91. The summed E-state index contributed by atoms with van der Waals surface area (Å²) < 4.78 is 9.68. The first-order valence-corrected chi connectivity index (χ1v) is 7.28. The molecule has 0 radical (unpaired) electrons. The van der Waals surface area contributed by atoms with E-state index in [0.717, 1.165) is 0 Å². The number of rotatable bonds is 4. The third kappa shape index (κ3) is 5.79. The smallest absolute Gasteiger partial charge is 0.408 e. The minimum absolute atomic E-state index is 0.214. The molecule has 0 unspecified atom stereocenters. The van der Waals surface area contributed by atoms with Gasteiger partial charge in [-0.1, -0.05) is 0 Å². The highest BCUT2D eigenvalue weighted by molar-refractivity contribution is 5.99. The maximum absolute atomic E-state index is 11.9. The summed E-state index contributed by atoms with van der Waals surface area (Å²) in [6.07, 6.45) is -0.692. The van der Waals surface area contributed by atoms with Gasteiger partial charge in [0.2, 0.25) is 5.91 Å². The van der Waals surface area contributed by atoms with Gasteiger partial charge in [-0.3, -0.25) is 4.79 Å². The largest absolute Gasteiger partial charge is 0.465 e. The highest BCUT2D eigenvalue weighted by atomic mass is 16.6. The topological polar surface area (TPSA) is 120 Å². The molecule has 8 heteroatoms. The number of amides is 2. The van der Waals surface area contributed by atoms with Crippen LogP contribution in [0.1, 0.15) is 36.7 Å². The first-order chi connectivity index (χ1) is 11.0.